The third kappa shape index (κ3) is 2.61. The van der Waals surface area contributed by atoms with E-state index in [1.807, 2.05) is 12.1 Å². The maximum atomic E-state index is 8.99. The standard InChI is InChI=1S/C14H20N2O/c17-10-11-1-3-12(4-2-11)15-13-7-8-16(9-13)14-5-6-14/h1-4,13-15,17H,5-10H2. The van der Waals surface area contributed by atoms with Gasteiger partial charge in [-0.3, -0.25) is 4.90 Å². The summed E-state index contributed by atoms with van der Waals surface area (Å²) in [5, 5.41) is 12.6. The van der Waals surface area contributed by atoms with Crippen molar-refractivity contribution in [2.75, 3.05) is 18.4 Å². The molecule has 3 rings (SSSR count). The van der Waals surface area contributed by atoms with Crippen LogP contribution in [0.15, 0.2) is 24.3 Å². The van der Waals surface area contributed by atoms with Gasteiger partial charge in [0.1, 0.15) is 0 Å². The lowest BCUT2D eigenvalue weighted by Crippen LogP contribution is -2.27. The van der Waals surface area contributed by atoms with Crippen LogP contribution in [-0.2, 0) is 6.61 Å². The molecule has 0 bridgehead atoms. The molecular weight excluding hydrogens is 212 g/mol. The van der Waals surface area contributed by atoms with Crippen LogP contribution < -0.4 is 5.32 Å². The van der Waals surface area contributed by atoms with Gasteiger partial charge in [-0.1, -0.05) is 12.1 Å². The lowest BCUT2D eigenvalue weighted by Gasteiger charge is -2.16. The summed E-state index contributed by atoms with van der Waals surface area (Å²) in [4.78, 5) is 2.61. The van der Waals surface area contributed by atoms with Gasteiger partial charge in [-0.2, -0.15) is 0 Å². The van der Waals surface area contributed by atoms with Crippen molar-refractivity contribution in [1.29, 1.82) is 0 Å². The highest BCUT2D eigenvalue weighted by atomic mass is 16.3. The van der Waals surface area contributed by atoms with E-state index in [2.05, 4.69) is 22.3 Å². The first-order chi connectivity index (χ1) is 8.35. The Labute approximate surface area is 102 Å². The normalized spacial score (nSPS) is 25.1. The molecule has 0 spiro atoms. The van der Waals surface area contributed by atoms with E-state index >= 15 is 0 Å². The van der Waals surface area contributed by atoms with Crippen molar-refractivity contribution >= 4 is 5.69 Å². The molecule has 2 N–H and O–H groups in total. The molecule has 1 atom stereocenters. The summed E-state index contributed by atoms with van der Waals surface area (Å²) >= 11 is 0. The molecule has 2 fully saturated rings. The molecule has 1 saturated heterocycles. The molecule has 1 heterocycles. The predicted octanol–water partition coefficient (Wildman–Crippen LogP) is 1.83. The van der Waals surface area contributed by atoms with E-state index < -0.39 is 0 Å². The monoisotopic (exact) mass is 232 g/mol. The summed E-state index contributed by atoms with van der Waals surface area (Å²) in [5.74, 6) is 0. The molecule has 1 unspecified atom stereocenters. The number of rotatable bonds is 4. The molecule has 3 nitrogen and oxygen atoms in total. The average Bonchev–Trinajstić information content (AvgIpc) is 3.12. The maximum absolute atomic E-state index is 8.99. The van der Waals surface area contributed by atoms with Crippen molar-refractivity contribution in [3.8, 4) is 0 Å². The molecule has 1 aromatic carbocycles. The molecule has 17 heavy (non-hydrogen) atoms. The SMILES string of the molecule is OCc1ccc(NC2CCN(C3CC3)C2)cc1. The number of likely N-dealkylation sites (tertiary alicyclic amines) is 1. The molecule has 0 radical (unpaired) electrons. The smallest absolute Gasteiger partial charge is 0.0681 e. The van der Waals surface area contributed by atoms with Crippen LogP contribution in [-0.4, -0.2) is 35.2 Å². The van der Waals surface area contributed by atoms with Gasteiger partial charge in [0.15, 0.2) is 0 Å². The average molecular weight is 232 g/mol. The molecule has 92 valence electrons. The van der Waals surface area contributed by atoms with E-state index in [4.69, 9.17) is 5.11 Å². The van der Waals surface area contributed by atoms with E-state index in [1.165, 1.54) is 38.0 Å². The minimum Gasteiger partial charge on any atom is -0.392 e. The van der Waals surface area contributed by atoms with Gasteiger partial charge in [-0.25, -0.2) is 0 Å². The lowest BCUT2D eigenvalue weighted by atomic mass is 10.2. The number of aliphatic hydroxyl groups excluding tert-OH is 1. The first-order valence-corrected chi connectivity index (χ1v) is 6.55. The van der Waals surface area contributed by atoms with Crippen LogP contribution in [0.3, 0.4) is 0 Å². The van der Waals surface area contributed by atoms with Crippen molar-refractivity contribution in [2.45, 2.75) is 38.0 Å². The highest BCUT2D eigenvalue weighted by Gasteiger charge is 2.34. The minimum absolute atomic E-state index is 0.124. The lowest BCUT2D eigenvalue weighted by molar-refractivity contribution is 0.282. The van der Waals surface area contributed by atoms with Crippen LogP contribution in [0, 0.1) is 0 Å². The van der Waals surface area contributed by atoms with Gasteiger partial charge in [-0.05, 0) is 37.0 Å². The van der Waals surface area contributed by atoms with Gasteiger partial charge in [0, 0.05) is 30.9 Å². The van der Waals surface area contributed by atoms with Crippen LogP contribution in [0.4, 0.5) is 5.69 Å². The van der Waals surface area contributed by atoms with Crippen LogP contribution in [0.5, 0.6) is 0 Å². The highest BCUT2D eigenvalue weighted by Crippen LogP contribution is 2.30. The second-order valence-corrected chi connectivity index (χ2v) is 5.21. The van der Waals surface area contributed by atoms with Crippen molar-refractivity contribution in [3.63, 3.8) is 0 Å². The Hall–Kier alpha value is -1.06. The summed E-state index contributed by atoms with van der Waals surface area (Å²) < 4.78 is 0. The number of nitrogens with zero attached hydrogens (tertiary/aromatic N) is 1. The van der Waals surface area contributed by atoms with Gasteiger partial charge >= 0.3 is 0 Å². The molecular formula is C14H20N2O. The Morgan fingerprint density at radius 1 is 1.18 bits per heavy atom. The fourth-order valence-corrected chi connectivity index (χ4v) is 2.62. The predicted molar refractivity (Wildman–Crippen MR) is 69.0 cm³/mol. The quantitative estimate of drug-likeness (QED) is 0.831. The zero-order valence-electron chi connectivity index (χ0n) is 10.1. The van der Waals surface area contributed by atoms with Gasteiger partial charge in [0.05, 0.1) is 6.61 Å². The largest absolute Gasteiger partial charge is 0.392 e. The number of anilines is 1. The molecule has 1 saturated carbocycles. The Bertz CT molecular complexity index is 372. The van der Waals surface area contributed by atoms with Crippen LogP contribution in [0.2, 0.25) is 0 Å². The fourth-order valence-electron chi connectivity index (χ4n) is 2.62. The van der Waals surface area contributed by atoms with Gasteiger partial charge in [0.2, 0.25) is 0 Å². The molecule has 0 amide bonds. The fraction of sp³-hybridized carbons (Fsp3) is 0.571. The second kappa shape index (κ2) is 4.67. The molecule has 3 heteroatoms. The van der Waals surface area contributed by atoms with Crippen molar-refractivity contribution in [1.82, 2.24) is 4.90 Å². The van der Waals surface area contributed by atoms with E-state index in [0.29, 0.717) is 6.04 Å². The van der Waals surface area contributed by atoms with Crippen LogP contribution in [0.1, 0.15) is 24.8 Å². The van der Waals surface area contributed by atoms with Crippen molar-refractivity contribution in [2.24, 2.45) is 0 Å². The summed E-state index contributed by atoms with van der Waals surface area (Å²) in [6.07, 6.45) is 4.05. The van der Waals surface area contributed by atoms with Gasteiger partial charge in [-0.15, -0.1) is 0 Å². The Kier molecular flexibility index (Phi) is 3.04. The van der Waals surface area contributed by atoms with E-state index in [1.54, 1.807) is 0 Å². The molecule has 1 aliphatic heterocycles. The highest BCUT2D eigenvalue weighted by molar-refractivity contribution is 5.45. The maximum Gasteiger partial charge on any atom is 0.0681 e. The number of aliphatic hydroxyl groups is 1. The zero-order chi connectivity index (χ0) is 11.7. The summed E-state index contributed by atoms with van der Waals surface area (Å²) in [5.41, 5.74) is 2.14. The molecule has 2 aliphatic rings. The molecule has 1 aromatic rings. The van der Waals surface area contributed by atoms with Gasteiger partial charge < -0.3 is 10.4 Å². The van der Waals surface area contributed by atoms with Crippen LogP contribution >= 0.6 is 0 Å². The first-order valence-electron chi connectivity index (χ1n) is 6.55. The molecule has 0 aromatic heterocycles. The van der Waals surface area contributed by atoms with Crippen molar-refractivity contribution in [3.05, 3.63) is 29.8 Å². The first kappa shape index (κ1) is 11.1. The van der Waals surface area contributed by atoms with Gasteiger partial charge in [0.25, 0.3) is 0 Å². The third-order valence-corrected chi connectivity index (χ3v) is 3.79. The minimum atomic E-state index is 0.124. The number of nitrogens with one attached hydrogen (secondary N) is 1. The third-order valence-electron chi connectivity index (χ3n) is 3.79. The Morgan fingerprint density at radius 3 is 2.59 bits per heavy atom. The van der Waals surface area contributed by atoms with Crippen LogP contribution in [0.25, 0.3) is 0 Å². The van der Waals surface area contributed by atoms with E-state index in [9.17, 15) is 0 Å². The Balaban J connectivity index is 1.55. The molecule has 1 aliphatic carbocycles. The van der Waals surface area contributed by atoms with E-state index in [-0.39, 0.29) is 6.61 Å². The topological polar surface area (TPSA) is 35.5 Å². The zero-order valence-corrected chi connectivity index (χ0v) is 10.1. The Morgan fingerprint density at radius 2 is 1.94 bits per heavy atom. The summed E-state index contributed by atoms with van der Waals surface area (Å²) in [7, 11) is 0. The van der Waals surface area contributed by atoms with Crippen molar-refractivity contribution < 1.29 is 5.11 Å². The summed E-state index contributed by atoms with van der Waals surface area (Å²) in [6.45, 7) is 2.56. The number of hydrogen-bond acceptors (Lipinski definition) is 3. The number of hydrogen-bond donors (Lipinski definition) is 2. The van der Waals surface area contributed by atoms with E-state index in [0.717, 1.165) is 11.6 Å². The number of benzene rings is 1. The summed E-state index contributed by atoms with van der Waals surface area (Å²) in [6, 6.07) is 9.57. The second-order valence-electron chi connectivity index (χ2n) is 5.21.